The third-order valence-corrected chi connectivity index (χ3v) is 9.19. The lowest BCUT2D eigenvalue weighted by atomic mass is 9.99. The first-order chi connectivity index (χ1) is 20.6. The minimum Gasteiger partial charge on any atom is -0.371 e. The Balaban J connectivity index is 1.42. The number of sulfone groups is 1. The van der Waals surface area contributed by atoms with Crippen LogP contribution in [0.5, 0.6) is 0 Å². The molecule has 1 N–H and O–H groups in total. The van der Waals surface area contributed by atoms with E-state index in [0.717, 1.165) is 11.1 Å². The number of carbonyl (C=O) groups excluding carboxylic acids is 2. The van der Waals surface area contributed by atoms with Crippen LogP contribution in [0.25, 0.3) is 0 Å². The number of carbonyl (C=O) groups is 2. The zero-order chi connectivity index (χ0) is 31.0. The number of amides is 2. The first kappa shape index (κ1) is 31.9. The van der Waals surface area contributed by atoms with E-state index in [1.165, 1.54) is 12.1 Å². The molecule has 0 aliphatic heterocycles. The average Bonchev–Trinajstić information content (AvgIpc) is 3.01. The fourth-order valence-corrected chi connectivity index (χ4v) is 5.77. The van der Waals surface area contributed by atoms with Crippen molar-refractivity contribution in [1.29, 1.82) is 0 Å². The summed E-state index contributed by atoms with van der Waals surface area (Å²) in [5, 5.41) is 3.44. The molecule has 7 nitrogen and oxygen atoms in total. The summed E-state index contributed by atoms with van der Waals surface area (Å²) in [7, 11) is -1.55. The van der Waals surface area contributed by atoms with Crippen molar-refractivity contribution in [3.05, 3.63) is 130 Å². The van der Waals surface area contributed by atoms with Crippen molar-refractivity contribution in [2.45, 2.75) is 43.9 Å². The normalized spacial score (nSPS) is 12.7. The molecule has 43 heavy (non-hydrogen) atoms. The maximum Gasteiger partial charge on any atom is 0.254 e. The Morgan fingerprint density at radius 2 is 1.49 bits per heavy atom. The Kier molecular flexibility index (Phi) is 10.7. The summed E-state index contributed by atoms with van der Waals surface area (Å²) < 4.78 is 30.2. The number of rotatable bonds is 12. The highest BCUT2D eigenvalue weighted by molar-refractivity contribution is 7.91. The predicted octanol–water partition coefficient (Wildman–Crippen LogP) is 6.73. The number of hydrogen-bond acceptors (Lipinski definition) is 5. The molecule has 0 fully saturated rings. The standard InChI is InChI=1S/C34H35ClN2O5S/c1-4-43(40,41)31-20-10-25(11-21-31)22-32(38)36-30-18-14-28(15-19-30)34(39)37(3)33(27-12-16-29(35)17-13-27)24(2)42-23-26-8-6-5-7-9-26/h5-21,24,33H,4,22-23H2,1-3H3,(H,36,38). The molecular formula is C34H35ClN2O5S. The Morgan fingerprint density at radius 1 is 0.860 bits per heavy atom. The maximum absolute atomic E-state index is 13.6. The number of hydrogen-bond donors (Lipinski definition) is 1. The fraction of sp³-hybridized carbons (Fsp3) is 0.235. The molecule has 0 saturated heterocycles. The molecular weight excluding hydrogens is 584 g/mol. The van der Waals surface area contributed by atoms with E-state index in [2.05, 4.69) is 5.32 Å². The van der Waals surface area contributed by atoms with E-state index in [4.69, 9.17) is 16.3 Å². The van der Waals surface area contributed by atoms with Crippen LogP contribution in [0.2, 0.25) is 5.02 Å². The van der Waals surface area contributed by atoms with Crippen LogP contribution in [0.4, 0.5) is 5.69 Å². The van der Waals surface area contributed by atoms with E-state index in [9.17, 15) is 18.0 Å². The van der Waals surface area contributed by atoms with E-state index in [-0.39, 0.29) is 41.0 Å². The molecule has 0 heterocycles. The van der Waals surface area contributed by atoms with E-state index < -0.39 is 9.84 Å². The predicted molar refractivity (Wildman–Crippen MR) is 170 cm³/mol. The Bertz CT molecular complexity index is 1630. The van der Waals surface area contributed by atoms with Crippen molar-refractivity contribution in [2.24, 2.45) is 0 Å². The molecule has 0 bridgehead atoms. The molecule has 2 atom stereocenters. The lowest BCUT2D eigenvalue weighted by molar-refractivity contribution is -0.115. The quantitative estimate of drug-likeness (QED) is 0.190. The molecule has 224 valence electrons. The molecule has 0 aromatic heterocycles. The second-order valence-corrected chi connectivity index (χ2v) is 13.0. The number of ether oxygens (including phenoxy) is 1. The summed E-state index contributed by atoms with van der Waals surface area (Å²) in [6.45, 7) is 3.94. The minimum atomic E-state index is -3.30. The van der Waals surface area contributed by atoms with Gasteiger partial charge in [-0.2, -0.15) is 0 Å². The van der Waals surface area contributed by atoms with Crippen LogP contribution < -0.4 is 5.32 Å². The third kappa shape index (κ3) is 8.54. The van der Waals surface area contributed by atoms with Gasteiger partial charge in [0.15, 0.2) is 9.84 Å². The van der Waals surface area contributed by atoms with E-state index >= 15 is 0 Å². The highest BCUT2D eigenvalue weighted by atomic mass is 35.5. The summed E-state index contributed by atoms with van der Waals surface area (Å²) in [5.74, 6) is -0.436. The van der Waals surface area contributed by atoms with Crippen LogP contribution in [0, 0.1) is 0 Å². The molecule has 0 aliphatic rings. The van der Waals surface area contributed by atoms with Crippen molar-refractivity contribution < 1.29 is 22.7 Å². The smallest absolute Gasteiger partial charge is 0.254 e. The summed E-state index contributed by atoms with van der Waals surface area (Å²) in [4.78, 5) is 28.1. The molecule has 0 spiro atoms. The van der Waals surface area contributed by atoms with Gasteiger partial charge in [0.1, 0.15) is 0 Å². The summed E-state index contributed by atoms with van der Waals surface area (Å²) >= 11 is 6.14. The van der Waals surface area contributed by atoms with Gasteiger partial charge in [-0.1, -0.05) is 73.1 Å². The summed E-state index contributed by atoms with van der Waals surface area (Å²) in [6, 6.07) is 29.9. The van der Waals surface area contributed by atoms with Gasteiger partial charge < -0.3 is 15.0 Å². The largest absolute Gasteiger partial charge is 0.371 e. The van der Waals surface area contributed by atoms with Crippen molar-refractivity contribution in [3.8, 4) is 0 Å². The molecule has 9 heteroatoms. The van der Waals surface area contributed by atoms with Gasteiger partial charge in [0.2, 0.25) is 5.91 Å². The number of halogens is 1. The number of nitrogens with zero attached hydrogens (tertiary/aromatic N) is 1. The second-order valence-electron chi connectivity index (χ2n) is 10.3. The highest BCUT2D eigenvalue weighted by Gasteiger charge is 2.29. The Morgan fingerprint density at radius 3 is 2.09 bits per heavy atom. The third-order valence-electron chi connectivity index (χ3n) is 7.19. The second kappa shape index (κ2) is 14.5. The van der Waals surface area contributed by atoms with Crippen LogP contribution in [-0.4, -0.2) is 44.0 Å². The van der Waals surface area contributed by atoms with Gasteiger partial charge >= 0.3 is 0 Å². The molecule has 0 radical (unpaired) electrons. The summed E-state index contributed by atoms with van der Waals surface area (Å²) in [6.07, 6.45) is -0.246. The van der Waals surface area contributed by atoms with Gasteiger partial charge in [-0.25, -0.2) is 8.42 Å². The van der Waals surface area contributed by atoms with Crippen molar-refractivity contribution in [1.82, 2.24) is 4.90 Å². The number of anilines is 1. The number of nitrogens with one attached hydrogen (secondary N) is 1. The van der Waals surface area contributed by atoms with Crippen LogP contribution in [0.15, 0.2) is 108 Å². The average molecular weight is 619 g/mol. The number of benzene rings is 4. The molecule has 4 aromatic rings. The van der Waals surface area contributed by atoms with Gasteiger partial charge in [-0.05, 0) is 72.1 Å². The first-order valence-electron chi connectivity index (χ1n) is 14.0. The highest BCUT2D eigenvalue weighted by Crippen LogP contribution is 2.29. The van der Waals surface area contributed by atoms with Gasteiger partial charge in [0.25, 0.3) is 5.91 Å². The van der Waals surface area contributed by atoms with E-state index in [1.54, 1.807) is 67.4 Å². The van der Waals surface area contributed by atoms with Crippen molar-refractivity contribution >= 4 is 38.9 Å². The molecule has 2 amide bonds. The topological polar surface area (TPSA) is 92.8 Å². The molecule has 0 saturated carbocycles. The van der Waals surface area contributed by atoms with Gasteiger partial charge in [0.05, 0.1) is 35.8 Å². The first-order valence-corrected chi connectivity index (χ1v) is 16.0. The Labute approximate surface area is 258 Å². The van der Waals surface area contributed by atoms with Crippen molar-refractivity contribution in [2.75, 3.05) is 18.1 Å². The number of likely N-dealkylation sites (N-methyl/N-ethyl adjacent to an activating group) is 1. The summed E-state index contributed by atoms with van der Waals surface area (Å²) in [5.41, 5.74) is 3.63. The fourth-order valence-electron chi connectivity index (χ4n) is 4.76. The minimum absolute atomic E-state index is 0.0178. The molecule has 4 rings (SSSR count). The lowest BCUT2D eigenvalue weighted by Crippen LogP contribution is -2.38. The maximum atomic E-state index is 13.6. The monoisotopic (exact) mass is 618 g/mol. The SMILES string of the molecule is CCS(=O)(=O)c1ccc(CC(=O)Nc2ccc(C(=O)N(C)C(c3ccc(Cl)cc3)C(C)OCc3ccccc3)cc2)cc1. The van der Waals surface area contributed by atoms with Gasteiger partial charge in [-0.3, -0.25) is 9.59 Å². The molecule has 4 aromatic carbocycles. The molecule has 0 aliphatic carbocycles. The Hall–Kier alpha value is -3.98. The zero-order valence-corrected chi connectivity index (χ0v) is 25.9. The van der Waals surface area contributed by atoms with Gasteiger partial charge in [0, 0.05) is 23.3 Å². The van der Waals surface area contributed by atoms with Crippen LogP contribution in [0.1, 0.15) is 46.9 Å². The van der Waals surface area contributed by atoms with Gasteiger partial charge in [-0.15, -0.1) is 0 Å². The molecule has 2 unspecified atom stereocenters. The van der Waals surface area contributed by atoms with Crippen LogP contribution in [0.3, 0.4) is 0 Å². The van der Waals surface area contributed by atoms with Crippen LogP contribution >= 0.6 is 11.6 Å². The van der Waals surface area contributed by atoms with Crippen LogP contribution in [-0.2, 0) is 32.4 Å². The lowest BCUT2D eigenvalue weighted by Gasteiger charge is -2.33. The zero-order valence-electron chi connectivity index (χ0n) is 24.4. The van der Waals surface area contributed by atoms with E-state index in [1.807, 2.05) is 49.4 Å². The van der Waals surface area contributed by atoms with Crippen molar-refractivity contribution in [3.63, 3.8) is 0 Å². The van der Waals surface area contributed by atoms with E-state index in [0.29, 0.717) is 28.4 Å².